The largest absolute Gasteiger partial charge is 0.490 e. The number of benzene rings is 2. The lowest BCUT2D eigenvalue weighted by atomic mass is 10.0. The zero-order valence-corrected chi connectivity index (χ0v) is 21.0. The summed E-state index contributed by atoms with van der Waals surface area (Å²) in [7, 11) is 2.01. The summed E-state index contributed by atoms with van der Waals surface area (Å²) in [5.41, 5.74) is 2.02. The van der Waals surface area contributed by atoms with Crippen molar-refractivity contribution in [2.24, 2.45) is 0 Å². The van der Waals surface area contributed by atoms with Gasteiger partial charge in [0.25, 0.3) is 5.91 Å². The van der Waals surface area contributed by atoms with Gasteiger partial charge in [-0.2, -0.15) is 13.2 Å². The van der Waals surface area contributed by atoms with E-state index in [1.54, 1.807) is 24.4 Å². The summed E-state index contributed by atoms with van der Waals surface area (Å²) in [6.07, 6.45) is -1.47. The summed E-state index contributed by atoms with van der Waals surface area (Å²) < 4.78 is 58.2. The van der Waals surface area contributed by atoms with Crippen LogP contribution in [0.2, 0.25) is 0 Å². The lowest BCUT2D eigenvalue weighted by Crippen LogP contribution is -2.43. The van der Waals surface area contributed by atoms with E-state index >= 15 is 0 Å². The Morgan fingerprint density at radius 2 is 1.67 bits per heavy atom. The first-order valence-electron chi connectivity index (χ1n) is 11.9. The van der Waals surface area contributed by atoms with Crippen LogP contribution in [0.15, 0.2) is 66.9 Å². The van der Waals surface area contributed by atoms with Crippen LogP contribution in [0, 0.1) is 11.6 Å². The molecule has 1 fully saturated rings. The van der Waals surface area contributed by atoms with Crippen molar-refractivity contribution < 1.29 is 36.6 Å². The lowest BCUT2D eigenvalue weighted by Gasteiger charge is -2.37. The Morgan fingerprint density at radius 3 is 2.26 bits per heavy atom. The topological polar surface area (TPSA) is 85.8 Å². The van der Waals surface area contributed by atoms with Gasteiger partial charge in [-0.15, -0.1) is 0 Å². The van der Waals surface area contributed by atoms with Gasteiger partial charge in [0.1, 0.15) is 17.5 Å². The van der Waals surface area contributed by atoms with E-state index in [1.807, 2.05) is 19.2 Å². The number of alkyl halides is 3. The van der Waals surface area contributed by atoms with Crippen LogP contribution >= 0.6 is 0 Å². The summed E-state index contributed by atoms with van der Waals surface area (Å²) in [6, 6.07) is 16.1. The highest BCUT2D eigenvalue weighted by Crippen LogP contribution is 2.24. The maximum absolute atomic E-state index is 13.4. The Hall–Kier alpha value is -4.06. The van der Waals surface area contributed by atoms with E-state index in [4.69, 9.17) is 9.90 Å². The molecule has 208 valence electrons. The van der Waals surface area contributed by atoms with E-state index < -0.39 is 12.1 Å². The Morgan fingerprint density at radius 1 is 1.03 bits per heavy atom. The summed E-state index contributed by atoms with van der Waals surface area (Å²) in [6.45, 7) is 2.59. The number of nitrogens with one attached hydrogen (secondary N) is 1. The van der Waals surface area contributed by atoms with Gasteiger partial charge in [0.15, 0.2) is 0 Å². The molecule has 2 N–H and O–H groups in total. The molecule has 0 unspecified atom stereocenters. The number of aliphatic carboxylic acids is 1. The SMILES string of the molecule is CN(c1cc(NC(=O)c2ccc(F)cc2)ccn1)C1CCN(Cc2cccc(F)c2)CC1.O=C(O)C(F)(F)F. The van der Waals surface area contributed by atoms with Crippen LogP contribution in [-0.4, -0.2) is 59.2 Å². The minimum atomic E-state index is -5.08. The van der Waals surface area contributed by atoms with Crippen molar-refractivity contribution in [3.05, 3.63) is 89.6 Å². The fourth-order valence-electron chi connectivity index (χ4n) is 4.04. The fourth-order valence-corrected chi connectivity index (χ4v) is 4.04. The van der Waals surface area contributed by atoms with Crippen LogP contribution in [0.4, 0.5) is 33.5 Å². The van der Waals surface area contributed by atoms with Crippen molar-refractivity contribution in [2.75, 3.05) is 30.4 Å². The van der Waals surface area contributed by atoms with Crippen LogP contribution in [0.1, 0.15) is 28.8 Å². The average Bonchev–Trinajstić information content (AvgIpc) is 2.89. The third kappa shape index (κ3) is 9.02. The standard InChI is InChI=1S/C25H26F2N4O.C2HF3O2/c1-30(23-10-13-31(14-11-23)17-18-3-2-4-21(27)15-18)24-16-22(9-12-28-24)29-25(32)19-5-7-20(26)8-6-19;3-2(4,5)1(6)7/h2-9,12,15-16,23H,10-11,13-14,17H2,1H3,(H,28,29,32);(H,6,7). The molecule has 2 heterocycles. The number of carbonyl (C=O) groups excluding carboxylic acids is 1. The van der Waals surface area contributed by atoms with Crippen LogP contribution in [0.25, 0.3) is 0 Å². The normalized spacial score (nSPS) is 14.2. The van der Waals surface area contributed by atoms with E-state index in [-0.39, 0.29) is 17.5 Å². The number of amides is 1. The van der Waals surface area contributed by atoms with Crippen LogP contribution in [0.3, 0.4) is 0 Å². The maximum atomic E-state index is 13.4. The van der Waals surface area contributed by atoms with Gasteiger partial charge in [-0.05, 0) is 60.9 Å². The van der Waals surface area contributed by atoms with Gasteiger partial charge in [-0.25, -0.2) is 18.6 Å². The van der Waals surface area contributed by atoms with Gasteiger partial charge in [-0.3, -0.25) is 9.69 Å². The van der Waals surface area contributed by atoms with Crippen LogP contribution < -0.4 is 10.2 Å². The molecule has 4 rings (SSSR count). The molecule has 0 bridgehead atoms. The van der Waals surface area contributed by atoms with E-state index in [2.05, 4.69) is 20.1 Å². The smallest absolute Gasteiger partial charge is 0.475 e. The first kappa shape index (κ1) is 29.5. The van der Waals surface area contributed by atoms with Crippen molar-refractivity contribution in [3.8, 4) is 0 Å². The number of likely N-dealkylation sites (tertiary alicyclic amines) is 1. The summed E-state index contributed by atoms with van der Waals surface area (Å²) in [5, 5.41) is 9.97. The molecule has 2 aromatic carbocycles. The number of halogens is 5. The van der Waals surface area contributed by atoms with Crippen molar-refractivity contribution in [2.45, 2.75) is 31.6 Å². The minimum Gasteiger partial charge on any atom is -0.475 e. The molecule has 1 aliphatic heterocycles. The summed E-state index contributed by atoms with van der Waals surface area (Å²) in [4.78, 5) is 30.3. The first-order valence-corrected chi connectivity index (χ1v) is 11.9. The molecule has 0 spiro atoms. The van der Waals surface area contributed by atoms with Gasteiger partial charge in [0.05, 0.1) is 0 Å². The van der Waals surface area contributed by atoms with E-state index in [1.165, 1.54) is 30.3 Å². The Kier molecular flexibility index (Phi) is 9.94. The third-order valence-corrected chi connectivity index (χ3v) is 6.11. The minimum absolute atomic E-state index is 0.199. The number of hydrogen-bond acceptors (Lipinski definition) is 5. The molecule has 3 aromatic rings. The predicted octanol–water partition coefficient (Wildman–Crippen LogP) is 5.35. The fraction of sp³-hybridized carbons (Fsp3) is 0.296. The molecule has 0 aliphatic carbocycles. The van der Waals surface area contributed by atoms with Crippen LogP contribution in [-0.2, 0) is 11.3 Å². The average molecular weight is 551 g/mol. The molecule has 12 heteroatoms. The van der Waals surface area contributed by atoms with Gasteiger partial charge >= 0.3 is 12.1 Å². The van der Waals surface area contributed by atoms with Gasteiger partial charge in [0.2, 0.25) is 0 Å². The molecule has 1 saturated heterocycles. The number of piperidine rings is 1. The molecule has 7 nitrogen and oxygen atoms in total. The van der Waals surface area contributed by atoms with Gasteiger partial charge < -0.3 is 15.3 Å². The summed E-state index contributed by atoms with van der Waals surface area (Å²) in [5.74, 6) is -2.85. The molecule has 0 atom stereocenters. The molecule has 1 amide bonds. The molecule has 0 saturated carbocycles. The molecule has 0 radical (unpaired) electrons. The van der Waals surface area contributed by atoms with Gasteiger partial charge in [0, 0.05) is 56.2 Å². The molecule has 1 aliphatic rings. The van der Waals surface area contributed by atoms with Crippen molar-refractivity contribution in [3.63, 3.8) is 0 Å². The number of nitrogens with zero attached hydrogens (tertiary/aromatic N) is 3. The monoisotopic (exact) mass is 550 g/mol. The Bertz CT molecular complexity index is 1260. The number of pyridine rings is 1. The second-order valence-corrected chi connectivity index (χ2v) is 8.91. The molecule has 39 heavy (non-hydrogen) atoms. The van der Waals surface area contributed by atoms with Crippen molar-refractivity contribution in [1.82, 2.24) is 9.88 Å². The molecule has 1 aromatic heterocycles. The number of carbonyl (C=O) groups is 2. The number of aromatic nitrogens is 1. The zero-order chi connectivity index (χ0) is 28.6. The predicted molar refractivity (Wildman–Crippen MR) is 135 cm³/mol. The Balaban J connectivity index is 0.000000532. The second kappa shape index (κ2) is 13.1. The number of carboxylic acids is 1. The van der Waals surface area contributed by atoms with Crippen LogP contribution in [0.5, 0.6) is 0 Å². The zero-order valence-electron chi connectivity index (χ0n) is 21.0. The Labute approximate surface area is 221 Å². The maximum Gasteiger partial charge on any atom is 0.490 e. The lowest BCUT2D eigenvalue weighted by molar-refractivity contribution is -0.192. The van der Waals surface area contributed by atoms with E-state index in [0.29, 0.717) is 17.3 Å². The van der Waals surface area contributed by atoms with Crippen molar-refractivity contribution >= 4 is 23.4 Å². The number of carboxylic acid groups (broad SMARTS) is 1. The van der Waals surface area contributed by atoms with Crippen molar-refractivity contribution in [1.29, 1.82) is 0 Å². The number of hydrogen-bond donors (Lipinski definition) is 2. The number of anilines is 2. The van der Waals surface area contributed by atoms with E-state index in [0.717, 1.165) is 43.9 Å². The highest BCUT2D eigenvalue weighted by atomic mass is 19.4. The highest BCUT2D eigenvalue weighted by Gasteiger charge is 2.38. The molecular weight excluding hydrogens is 523 g/mol. The number of rotatable bonds is 6. The first-order chi connectivity index (χ1) is 18.4. The summed E-state index contributed by atoms with van der Waals surface area (Å²) >= 11 is 0. The molecular formula is C27H27F5N4O3. The van der Waals surface area contributed by atoms with E-state index in [9.17, 15) is 26.7 Å². The second-order valence-electron chi connectivity index (χ2n) is 8.91. The highest BCUT2D eigenvalue weighted by molar-refractivity contribution is 6.04. The quantitative estimate of drug-likeness (QED) is 0.403. The third-order valence-electron chi connectivity index (χ3n) is 6.11. The van der Waals surface area contributed by atoms with Gasteiger partial charge in [-0.1, -0.05) is 12.1 Å².